The van der Waals surface area contributed by atoms with Gasteiger partial charge in [-0.2, -0.15) is 0 Å². The van der Waals surface area contributed by atoms with Crippen molar-refractivity contribution in [1.29, 1.82) is 0 Å². The van der Waals surface area contributed by atoms with Crippen LogP contribution in [-0.4, -0.2) is 17.2 Å². The lowest BCUT2D eigenvalue weighted by atomic mass is 9.80. The van der Waals surface area contributed by atoms with E-state index in [4.69, 9.17) is 15.1 Å². The number of carbonyl (C=O) groups excluding carboxylic acids is 1. The zero-order valence-corrected chi connectivity index (χ0v) is 11.4. The number of amides is 1. The molecule has 1 saturated carbocycles. The zero-order chi connectivity index (χ0) is 13.8. The van der Waals surface area contributed by atoms with E-state index in [9.17, 15) is 4.79 Å². The lowest BCUT2D eigenvalue weighted by Crippen LogP contribution is -2.30. The Labute approximate surface area is 112 Å². The number of nitrogens with zero attached hydrogens (tertiary/aromatic N) is 1. The van der Waals surface area contributed by atoms with Crippen molar-refractivity contribution >= 4 is 5.91 Å². The van der Waals surface area contributed by atoms with E-state index in [1.165, 1.54) is 6.42 Å². The highest BCUT2D eigenvalue weighted by Crippen LogP contribution is 2.31. The molecule has 0 radical (unpaired) electrons. The van der Waals surface area contributed by atoms with E-state index in [1.54, 1.807) is 6.07 Å². The number of nitrogens with one attached hydrogen (secondary N) is 1. The molecule has 6 heteroatoms. The van der Waals surface area contributed by atoms with Crippen LogP contribution in [0.4, 0.5) is 0 Å². The molecule has 0 spiro atoms. The first kappa shape index (κ1) is 14.0. The topological polar surface area (TPSA) is 90.4 Å². The van der Waals surface area contributed by atoms with E-state index in [0.29, 0.717) is 18.3 Å². The molecule has 0 saturated heterocycles. The molecule has 3 atom stereocenters. The van der Waals surface area contributed by atoms with Gasteiger partial charge in [-0.15, -0.1) is 0 Å². The highest BCUT2D eigenvalue weighted by atomic mass is 16.5. The molecule has 0 aromatic carbocycles. The summed E-state index contributed by atoms with van der Waals surface area (Å²) in [5, 5.41) is 3.63. The van der Waals surface area contributed by atoms with E-state index in [-0.39, 0.29) is 11.8 Å². The van der Waals surface area contributed by atoms with Crippen LogP contribution in [0.15, 0.2) is 10.6 Å². The molecule has 1 amide bonds. The Bertz CT molecular complexity index is 433. The van der Waals surface area contributed by atoms with Crippen LogP contribution < -0.4 is 11.3 Å². The van der Waals surface area contributed by atoms with Gasteiger partial charge in [0.15, 0.2) is 11.5 Å². The van der Waals surface area contributed by atoms with Crippen LogP contribution in [0.2, 0.25) is 0 Å². The minimum absolute atomic E-state index is 0.173. The van der Waals surface area contributed by atoms with Crippen molar-refractivity contribution in [1.82, 2.24) is 10.6 Å². The van der Waals surface area contributed by atoms with E-state index in [1.807, 2.05) is 5.43 Å². The minimum Gasteiger partial charge on any atom is -0.370 e. The van der Waals surface area contributed by atoms with Gasteiger partial charge in [-0.05, 0) is 31.1 Å². The van der Waals surface area contributed by atoms with Crippen LogP contribution in [0.5, 0.6) is 0 Å². The molecule has 3 N–H and O–H groups in total. The molecule has 19 heavy (non-hydrogen) atoms. The molecular formula is C13H21N3O3. The van der Waals surface area contributed by atoms with Crippen molar-refractivity contribution < 1.29 is 14.1 Å². The van der Waals surface area contributed by atoms with Gasteiger partial charge in [0.25, 0.3) is 5.91 Å². The Balaban J connectivity index is 1.82. The largest absolute Gasteiger partial charge is 0.370 e. The highest BCUT2D eigenvalue weighted by molar-refractivity contribution is 5.91. The van der Waals surface area contributed by atoms with Crippen molar-refractivity contribution in [3.63, 3.8) is 0 Å². The maximum Gasteiger partial charge on any atom is 0.287 e. The molecule has 0 bridgehead atoms. The first-order valence-corrected chi connectivity index (χ1v) is 6.68. The minimum atomic E-state index is -0.463. The van der Waals surface area contributed by atoms with Crippen molar-refractivity contribution in [2.24, 2.45) is 17.7 Å². The summed E-state index contributed by atoms with van der Waals surface area (Å²) in [5.74, 6) is 6.56. The van der Waals surface area contributed by atoms with Crippen molar-refractivity contribution in [2.45, 2.75) is 45.8 Å². The monoisotopic (exact) mass is 267 g/mol. The molecule has 3 unspecified atom stereocenters. The van der Waals surface area contributed by atoms with Crippen LogP contribution in [-0.2, 0) is 11.3 Å². The van der Waals surface area contributed by atoms with Crippen LogP contribution in [0.1, 0.15) is 49.4 Å². The number of hydrogen-bond acceptors (Lipinski definition) is 5. The van der Waals surface area contributed by atoms with E-state index >= 15 is 0 Å². The number of ether oxygens (including phenoxy) is 1. The maximum atomic E-state index is 11.2. The maximum absolute atomic E-state index is 11.2. The van der Waals surface area contributed by atoms with Crippen molar-refractivity contribution in [2.75, 3.05) is 0 Å². The van der Waals surface area contributed by atoms with Gasteiger partial charge in [0, 0.05) is 6.07 Å². The molecule has 0 aliphatic heterocycles. The molecule has 106 valence electrons. The summed E-state index contributed by atoms with van der Waals surface area (Å²) in [5.41, 5.74) is 2.18. The molecule has 1 aromatic heterocycles. The summed E-state index contributed by atoms with van der Waals surface area (Å²) in [6.45, 7) is 4.89. The summed E-state index contributed by atoms with van der Waals surface area (Å²) in [6.07, 6.45) is 3.62. The Morgan fingerprint density at radius 1 is 1.53 bits per heavy atom. The molecule has 6 nitrogen and oxygen atoms in total. The number of hydrazine groups is 1. The van der Waals surface area contributed by atoms with Gasteiger partial charge in [-0.1, -0.05) is 19.0 Å². The average molecular weight is 267 g/mol. The number of hydrogen-bond donors (Lipinski definition) is 2. The van der Waals surface area contributed by atoms with Gasteiger partial charge >= 0.3 is 0 Å². The number of nitrogen functional groups attached to an aromatic ring is 1. The lowest BCUT2D eigenvalue weighted by Gasteiger charge is -2.31. The summed E-state index contributed by atoms with van der Waals surface area (Å²) in [4.78, 5) is 11.2. The third-order valence-electron chi connectivity index (χ3n) is 3.93. The molecule has 1 aliphatic rings. The standard InChI is InChI=1S/C13H21N3O3/c1-8-3-4-10(5-9(8)2)18-7-11-6-12(16-19-11)13(17)15-14/h6,8-10H,3-5,7,14H2,1-2H3,(H,15,17). The molecule has 1 aromatic rings. The van der Waals surface area contributed by atoms with Gasteiger partial charge < -0.3 is 9.26 Å². The first-order valence-electron chi connectivity index (χ1n) is 6.68. The third kappa shape index (κ3) is 3.54. The number of rotatable bonds is 4. The van der Waals surface area contributed by atoms with Crippen molar-refractivity contribution in [3.05, 3.63) is 17.5 Å². The van der Waals surface area contributed by atoms with Gasteiger partial charge in [0.05, 0.1) is 6.10 Å². The van der Waals surface area contributed by atoms with Crippen LogP contribution in [0.25, 0.3) is 0 Å². The molecule has 1 fully saturated rings. The number of aromatic nitrogens is 1. The Hall–Kier alpha value is -1.40. The summed E-state index contributed by atoms with van der Waals surface area (Å²) in [7, 11) is 0. The van der Waals surface area contributed by atoms with Crippen LogP contribution >= 0.6 is 0 Å². The fourth-order valence-electron chi connectivity index (χ4n) is 2.41. The molecule has 1 heterocycles. The Kier molecular flexibility index (Phi) is 4.55. The smallest absolute Gasteiger partial charge is 0.287 e. The third-order valence-corrected chi connectivity index (χ3v) is 3.93. The molecule has 2 rings (SSSR count). The van der Waals surface area contributed by atoms with Gasteiger partial charge in [0.2, 0.25) is 0 Å². The Morgan fingerprint density at radius 3 is 3.00 bits per heavy atom. The van der Waals surface area contributed by atoms with E-state index in [0.717, 1.165) is 18.8 Å². The fourth-order valence-corrected chi connectivity index (χ4v) is 2.41. The second kappa shape index (κ2) is 6.16. The summed E-state index contributed by atoms with van der Waals surface area (Å²) in [6, 6.07) is 1.55. The second-order valence-corrected chi connectivity index (χ2v) is 5.35. The average Bonchev–Trinajstić information content (AvgIpc) is 2.88. The predicted molar refractivity (Wildman–Crippen MR) is 68.9 cm³/mol. The molecule has 1 aliphatic carbocycles. The Morgan fingerprint density at radius 2 is 2.32 bits per heavy atom. The predicted octanol–water partition coefficient (Wildman–Crippen LogP) is 1.62. The van der Waals surface area contributed by atoms with Crippen LogP contribution in [0.3, 0.4) is 0 Å². The lowest BCUT2D eigenvalue weighted by molar-refractivity contribution is -0.0155. The second-order valence-electron chi connectivity index (χ2n) is 5.35. The first-order chi connectivity index (χ1) is 9.10. The fraction of sp³-hybridized carbons (Fsp3) is 0.692. The summed E-state index contributed by atoms with van der Waals surface area (Å²) < 4.78 is 10.9. The van der Waals surface area contributed by atoms with E-state index < -0.39 is 5.91 Å². The number of nitrogens with two attached hydrogens (primary N) is 1. The molecular weight excluding hydrogens is 246 g/mol. The SMILES string of the molecule is CC1CCC(OCc2cc(C(=O)NN)no2)CC1C. The van der Waals surface area contributed by atoms with Gasteiger partial charge in [-0.3, -0.25) is 10.2 Å². The zero-order valence-electron chi connectivity index (χ0n) is 11.4. The van der Waals surface area contributed by atoms with Gasteiger partial charge in [0.1, 0.15) is 6.61 Å². The van der Waals surface area contributed by atoms with Gasteiger partial charge in [-0.25, -0.2) is 5.84 Å². The quantitative estimate of drug-likeness (QED) is 0.491. The normalized spacial score (nSPS) is 27.2. The number of carbonyl (C=O) groups is 1. The van der Waals surface area contributed by atoms with Crippen LogP contribution in [0, 0.1) is 11.8 Å². The van der Waals surface area contributed by atoms with E-state index in [2.05, 4.69) is 19.0 Å². The highest BCUT2D eigenvalue weighted by Gasteiger charge is 2.25. The summed E-state index contributed by atoms with van der Waals surface area (Å²) >= 11 is 0. The van der Waals surface area contributed by atoms with Crippen molar-refractivity contribution in [3.8, 4) is 0 Å².